The minimum atomic E-state index is -0.962. The lowest BCUT2D eigenvalue weighted by Crippen LogP contribution is -2.21. The summed E-state index contributed by atoms with van der Waals surface area (Å²) < 4.78 is 5.95. The molecule has 1 atom stereocenters. The summed E-state index contributed by atoms with van der Waals surface area (Å²) >= 11 is 0. The molecule has 1 fully saturated rings. The molecule has 0 saturated carbocycles. The van der Waals surface area contributed by atoms with Crippen LogP contribution < -0.4 is 20.3 Å². The van der Waals surface area contributed by atoms with Crippen LogP contribution >= 0.6 is 0 Å². The molecule has 0 amide bonds. The Balaban J connectivity index is 1.26. The van der Waals surface area contributed by atoms with E-state index in [9.17, 15) is 9.90 Å². The molecule has 0 aliphatic carbocycles. The van der Waals surface area contributed by atoms with E-state index in [1.807, 2.05) is 6.07 Å². The predicted molar refractivity (Wildman–Crippen MR) is 130 cm³/mol. The summed E-state index contributed by atoms with van der Waals surface area (Å²) in [6.07, 6.45) is 6.47. The number of fused-ring (bicyclic) bond motifs is 1. The first kappa shape index (κ1) is 21.1. The van der Waals surface area contributed by atoms with Crippen molar-refractivity contribution in [2.75, 3.05) is 41.8 Å². The maximum absolute atomic E-state index is 11.4. The van der Waals surface area contributed by atoms with Crippen LogP contribution in [-0.2, 0) is 0 Å². The summed E-state index contributed by atoms with van der Waals surface area (Å²) in [5.74, 6) is 0.136. The summed E-state index contributed by atoms with van der Waals surface area (Å²) in [6, 6.07) is 16.3. The fraction of sp³-hybridized carbons (Fsp3) is 0.308. The highest BCUT2D eigenvalue weighted by atomic mass is 16.5. The van der Waals surface area contributed by atoms with Gasteiger partial charge in [0.05, 0.1) is 24.1 Å². The van der Waals surface area contributed by atoms with E-state index >= 15 is 0 Å². The summed E-state index contributed by atoms with van der Waals surface area (Å²) in [6.45, 7) is 3.53. The van der Waals surface area contributed by atoms with Crippen molar-refractivity contribution in [2.24, 2.45) is 0 Å². The van der Waals surface area contributed by atoms with E-state index in [-0.39, 0.29) is 11.5 Å². The third-order valence-corrected chi connectivity index (χ3v) is 6.39. The summed E-state index contributed by atoms with van der Waals surface area (Å²) in [4.78, 5) is 17.9. The van der Waals surface area contributed by atoms with Gasteiger partial charge < -0.3 is 25.4 Å². The largest absolute Gasteiger partial charge is 0.493 e. The number of anilines is 4. The van der Waals surface area contributed by atoms with Gasteiger partial charge in [0.1, 0.15) is 5.75 Å². The van der Waals surface area contributed by atoms with E-state index in [4.69, 9.17) is 4.74 Å². The number of aromatic carboxylic acids is 1. The van der Waals surface area contributed by atoms with Crippen LogP contribution in [0, 0.1) is 0 Å². The zero-order valence-corrected chi connectivity index (χ0v) is 18.5. The summed E-state index contributed by atoms with van der Waals surface area (Å²) in [5, 5.41) is 16.1. The van der Waals surface area contributed by atoms with Crippen LogP contribution in [0.3, 0.4) is 0 Å². The smallest absolute Gasteiger partial charge is 0.337 e. The third kappa shape index (κ3) is 4.72. The van der Waals surface area contributed by atoms with Gasteiger partial charge in [0.25, 0.3) is 0 Å². The minimum absolute atomic E-state index is 0.226. The molecule has 0 spiro atoms. The molecule has 0 unspecified atom stereocenters. The number of benzene rings is 2. The molecule has 3 aromatic rings. The van der Waals surface area contributed by atoms with Crippen molar-refractivity contribution in [1.29, 1.82) is 0 Å². The van der Waals surface area contributed by atoms with Crippen LogP contribution in [-0.4, -0.2) is 42.3 Å². The standard InChI is InChI=1S/C26H28N4O3/c31-26(32)23-9-11-27-17-24(23)28-16-18-10-14-33-25-15-20(5-8-22(18)25)29-19-3-6-21(7-4-19)30-12-1-2-13-30/h3-9,11,15,17-18,28-29H,1-2,10,12-14,16H2,(H,31,32)/t18-/m0/s1. The predicted octanol–water partition coefficient (Wildman–Crippen LogP) is 5.10. The lowest BCUT2D eigenvalue weighted by Gasteiger charge is -2.27. The van der Waals surface area contributed by atoms with Gasteiger partial charge in [0, 0.05) is 54.9 Å². The molecule has 2 aromatic carbocycles. The van der Waals surface area contributed by atoms with E-state index in [1.165, 1.54) is 30.8 Å². The van der Waals surface area contributed by atoms with E-state index in [2.05, 4.69) is 56.9 Å². The normalized spacial score (nSPS) is 17.2. The lowest BCUT2D eigenvalue weighted by atomic mass is 9.92. The first-order chi connectivity index (χ1) is 16.2. The number of hydrogen-bond acceptors (Lipinski definition) is 6. The maximum Gasteiger partial charge on any atom is 0.337 e. The SMILES string of the molecule is O=C(O)c1ccncc1NC[C@@H]1CCOc2cc(Nc3ccc(N4CCCC4)cc3)ccc21. The fourth-order valence-corrected chi connectivity index (χ4v) is 4.61. The Bertz CT molecular complexity index is 1130. The molecule has 2 aliphatic heterocycles. The van der Waals surface area contributed by atoms with Crippen molar-refractivity contribution in [3.05, 3.63) is 72.1 Å². The Morgan fingerprint density at radius 3 is 2.67 bits per heavy atom. The topological polar surface area (TPSA) is 86.7 Å². The molecule has 7 nitrogen and oxygen atoms in total. The van der Waals surface area contributed by atoms with Gasteiger partial charge in [-0.2, -0.15) is 0 Å². The number of nitrogens with zero attached hydrogens (tertiary/aromatic N) is 2. The van der Waals surface area contributed by atoms with Crippen molar-refractivity contribution in [3.8, 4) is 5.75 Å². The van der Waals surface area contributed by atoms with Crippen molar-refractivity contribution in [2.45, 2.75) is 25.2 Å². The fourth-order valence-electron chi connectivity index (χ4n) is 4.61. The van der Waals surface area contributed by atoms with Gasteiger partial charge in [-0.15, -0.1) is 0 Å². The van der Waals surface area contributed by atoms with Crippen molar-refractivity contribution < 1.29 is 14.6 Å². The highest BCUT2D eigenvalue weighted by Gasteiger charge is 2.22. The van der Waals surface area contributed by atoms with Crippen LogP contribution in [0.25, 0.3) is 0 Å². The number of pyridine rings is 1. The first-order valence-electron chi connectivity index (χ1n) is 11.5. The Kier molecular flexibility index (Phi) is 6.02. The Morgan fingerprint density at radius 2 is 1.88 bits per heavy atom. The van der Waals surface area contributed by atoms with Crippen molar-refractivity contribution >= 4 is 28.7 Å². The minimum Gasteiger partial charge on any atom is -0.493 e. The number of aromatic nitrogens is 1. The van der Waals surface area contributed by atoms with Gasteiger partial charge in [0.15, 0.2) is 0 Å². The number of nitrogens with one attached hydrogen (secondary N) is 2. The average Bonchev–Trinajstić information content (AvgIpc) is 3.38. The molecule has 7 heteroatoms. The molecule has 170 valence electrons. The number of carboxylic acids is 1. The number of carbonyl (C=O) groups is 1. The summed E-state index contributed by atoms with van der Waals surface area (Å²) in [7, 11) is 0. The van der Waals surface area contributed by atoms with Crippen LogP contribution in [0.1, 0.15) is 41.1 Å². The van der Waals surface area contributed by atoms with Crippen LogP contribution in [0.5, 0.6) is 5.75 Å². The van der Waals surface area contributed by atoms with Crippen molar-refractivity contribution in [3.63, 3.8) is 0 Å². The van der Waals surface area contributed by atoms with E-state index in [0.717, 1.165) is 42.2 Å². The molecule has 0 radical (unpaired) electrons. The van der Waals surface area contributed by atoms with Crippen LogP contribution in [0.4, 0.5) is 22.7 Å². The van der Waals surface area contributed by atoms with Gasteiger partial charge in [-0.05, 0) is 61.2 Å². The molecule has 1 aromatic heterocycles. The van der Waals surface area contributed by atoms with Gasteiger partial charge in [-0.1, -0.05) is 6.07 Å². The van der Waals surface area contributed by atoms with Gasteiger partial charge in [-0.25, -0.2) is 4.79 Å². The second-order valence-electron chi connectivity index (χ2n) is 8.56. The Morgan fingerprint density at radius 1 is 1.09 bits per heavy atom. The molecular formula is C26H28N4O3. The molecule has 1 saturated heterocycles. The average molecular weight is 445 g/mol. The Hall–Kier alpha value is -3.74. The maximum atomic E-state index is 11.4. The second-order valence-corrected chi connectivity index (χ2v) is 8.56. The molecule has 0 bridgehead atoms. The van der Waals surface area contributed by atoms with Gasteiger partial charge in [-0.3, -0.25) is 4.98 Å². The van der Waals surface area contributed by atoms with E-state index in [0.29, 0.717) is 18.8 Å². The molecule has 3 N–H and O–H groups in total. The zero-order valence-electron chi connectivity index (χ0n) is 18.5. The third-order valence-electron chi connectivity index (χ3n) is 6.39. The molecule has 3 heterocycles. The number of carboxylic acid groups (broad SMARTS) is 1. The number of ether oxygens (including phenoxy) is 1. The van der Waals surface area contributed by atoms with E-state index in [1.54, 1.807) is 6.20 Å². The zero-order chi connectivity index (χ0) is 22.6. The Labute approximate surface area is 193 Å². The van der Waals surface area contributed by atoms with Crippen LogP contribution in [0.2, 0.25) is 0 Å². The second kappa shape index (κ2) is 9.40. The molecule has 33 heavy (non-hydrogen) atoms. The lowest BCUT2D eigenvalue weighted by molar-refractivity contribution is 0.0697. The molecule has 5 rings (SSSR count). The monoisotopic (exact) mass is 444 g/mol. The molecule has 2 aliphatic rings. The van der Waals surface area contributed by atoms with Gasteiger partial charge in [0.2, 0.25) is 0 Å². The number of hydrogen-bond donors (Lipinski definition) is 3. The van der Waals surface area contributed by atoms with E-state index < -0.39 is 5.97 Å². The highest BCUT2D eigenvalue weighted by molar-refractivity contribution is 5.93. The summed E-state index contributed by atoms with van der Waals surface area (Å²) in [5.41, 5.74) is 5.20. The first-order valence-corrected chi connectivity index (χ1v) is 11.5. The van der Waals surface area contributed by atoms with Gasteiger partial charge >= 0.3 is 5.97 Å². The highest BCUT2D eigenvalue weighted by Crippen LogP contribution is 2.36. The van der Waals surface area contributed by atoms with Crippen LogP contribution in [0.15, 0.2) is 60.9 Å². The molecular weight excluding hydrogens is 416 g/mol. The quantitative estimate of drug-likeness (QED) is 0.467. The van der Waals surface area contributed by atoms with Crippen molar-refractivity contribution in [1.82, 2.24) is 4.98 Å². The number of rotatable bonds is 7.